The Morgan fingerprint density at radius 2 is 1.64 bits per heavy atom. The molecule has 78 valence electrons. The third-order valence-electron chi connectivity index (χ3n) is 2.51. The third-order valence-corrected chi connectivity index (χ3v) is 3.15. The van der Waals surface area contributed by atoms with Crippen molar-refractivity contribution in [3.8, 4) is 0 Å². The number of benzene rings is 1. The van der Waals surface area contributed by atoms with Crippen molar-refractivity contribution in [2.24, 2.45) is 5.92 Å². The smallest absolute Gasteiger partial charge is 0.0186 e. The van der Waals surface area contributed by atoms with Gasteiger partial charge in [0.2, 0.25) is 0 Å². The van der Waals surface area contributed by atoms with Crippen molar-refractivity contribution in [2.75, 3.05) is 0 Å². The van der Waals surface area contributed by atoms with Gasteiger partial charge in [-0.15, -0.1) is 0 Å². The highest BCUT2D eigenvalue weighted by Crippen LogP contribution is 2.30. The Balaban J connectivity index is 2.78. The van der Waals surface area contributed by atoms with Gasteiger partial charge in [-0.1, -0.05) is 67.0 Å². The predicted octanol–water partition coefficient (Wildman–Crippen LogP) is 4.60. The Morgan fingerprint density at radius 1 is 1.07 bits per heavy atom. The molecule has 0 heterocycles. The van der Waals surface area contributed by atoms with E-state index >= 15 is 0 Å². The summed E-state index contributed by atoms with van der Waals surface area (Å²) in [6.45, 7) is 6.80. The largest absolute Gasteiger partial charge is 0.0887 e. The molecule has 1 rings (SSSR count). The monoisotopic (exact) mass is 254 g/mol. The minimum absolute atomic E-state index is 0.548. The first-order valence-electron chi connectivity index (χ1n) is 5.30. The van der Waals surface area contributed by atoms with Crippen LogP contribution in [0.5, 0.6) is 0 Å². The fourth-order valence-corrected chi connectivity index (χ4v) is 2.32. The van der Waals surface area contributed by atoms with E-state index in [4.69, 9.17) is 0 Å². The van der Waals surface area contributed by atoms with Crippen molar-refractivity contribution in [1.29, 1.82) is 0 Å². The summed E-state index contributed by atoms with van der Waals surface area (Å²) < 4.78 is 0. The summed E-state index contributed by atoms with van der Waals surface area (Å²) in [5.41, 5.74) is 1.45. The Bertz CT molecular complexity index is 251. The van der Waals surface area contributed by atoms with Gasteiger partial charge in [0, 0.05) is 4.83 Å². The van der Waals surface area contributed by atoms with E-state index in [1.807, 2.05) is 0 Å². The number of halogens is 1. The molecule has 0 bridgehead atoms. The van der Waals surface area contributed by atoms with Gasteiger partial charge in [-0.3, -0.25) is 0 Å². The third kappa shape index (κ3) is 3.45. The first-order chi connectivity index (χ1) is 6.61. The van der Waals surface area contributed by atoms with Gasteiger partial charge in [0.1, 0.15) is 0 Å². The van der Waals surface area contributed by atoms with Crippen LogP contribution in [0.1, 0.15) is 38.7 Å². The van der Waals surface area contributed by atoms with E-state index in [1.54, 1.807) is 0 Å². The van der Waals surface area contributed by atoms with Crippen LogP contribution in [0.3, 0.4) is 0 Å². The summed E-state index contributed by atoms with van der Waals surface area (Å²) in [4.78, 5) is 0.548. The van der Waals surface area contributed by atoms with Crippen molar-refractivity contribution in [3.63, 3.8) is 0 Å². The maximum atomic E-state index is 3.71. The summed E-state index contributed by atoms with van der Waals surface area (Å²) in [6.07, 6.45) is 1.25. The second kappa shape index (κ2) is 5.55. The molecule has 0 amide bonds. The minimum atomic E-state index is 0.548. The molecule has 0 aliphatic carbocycles. The summed E-state index contributed by atoms with van der Waals surface area (Å²) >= 11 is 3.71. The van der Waals surface area contributed by atoms with Crippen LogP contribution < -0.4 is 0 Å². The highest BCUT2D eigenvalue weighted by molar-refractivity contribution is 9.09. The molecular weight excluding hydrogens is 236 g/mol. The van der Waals surface area contributed by atoms with Gasteiger partial charge in [0.25, 0.3) is 0 Å². The molecule has 2 unspecified atom stereocenters. The van der Waals surface area contributed by atoms with Crippen LogP contribution in [-0.4, -0.2) is 4.83 Å². The molecule has 0 aliphatic rings. The van der Waals surface area contributed by atoms with Crippen molar-refractivity contribution < 1.29 is 0 Å². The Morgan fingerprint density at radius 3 is 2.07 bits per heavy atom. The SMILES string of the molecule is CC(C)CC(c1ccccc1)C(C)Br. The van der Waals surface area contributed by atoms with Crippen molar-refractivity contribution in [3.05, 3.63) is 35.9 Å². The standard InChI is InChI=1S/C13H19Br/c1-10(2)9-13(11(3)14)12-7-5-4-6-8-12/h4-8,10-11,13H,9H2,1-3H3. The van der Waals surface area contributed by atoms with E-state index in [0.29, 0.717) is 10.7 Å². The average Bonchev–Trinajstić information content (AvgIpc) is 2.15. The summed E-state index contributed by atoms with van der Waals surface area (Å²) in [5.74, 6) is 1.39. The van der Waals surface area contributed by atoms with E-state index in [1.165, 1.54) is 12.0 Å². The molecule has 0 aromatic heterocycles. The van der Waals surface area contributed by atoms with Gasteiger partial charge in [-0.05, 0) is 23.8 Å². The second-order valence-corrected chi connectivity index (χ2v) is 5.77. The topological polar surface area (TPSA) is 0 Å². The molecule has 2 atom stereocenters. The van der Waals surface area contributed by atoms with E-state index in [9.17, 15) is 0 Å². The van der Waals surface area contributed by atoms with Crippen LogP contribution in [0, 0.1) is 5.92 Å². The molecule has 0 spiro atoms. The first-order valence-corrected chi connectivity index (χ1v) is 6.22. The van der Waals surface area contributed by atoms with Crippen LogP contribution in [0.4, 0.5) is 0 Å². The van der Waals surface area contributed by atoms with Crippen LogP contribution in [0.25, 0.3) is 0 Å². The highest BCUT2D eigenvalue weighted by Gasteiger charge is 2.17. The lowest BCUT2D eigenvalue weighted by Gasteiger charge is -2.22. The second-order valence-electron chi connectivity index (χ2n) is 4.32. The molecule has 0 radical (unpaired) electrons. The van der Waals surface area contributed by atoms with Gasteiger partial charge in [0.05, 0.1) is 0 Å². The molecule has 0 fully saturated rings. The Kier molecular flexibility index (Phi) is 4.67. The van der Waals surface area contributed by atoms with Gasteiger partial charge in [-0.2, -0.15) is 0 Å². The van der Waals surface area contributed by atoms with E-state index in [-0.39, 0.29) is 0 Å². The molecule has 1 heteroatoms. The van der Waals surface area contributed by atoms with Crippen molar-refractivity contribution in [2.45, 2.75) is 37.9 Å². The van der Waals surface area contributed by atoms with Gasteiger partial charge < -0.3 is 0 Å². The van der Waals surface area contributed by atoms with Crippen molar-refractivity contribution >= 4 is 15.9 Å². The molecule has 0 nitrogen and oxygen atoms in total. The number of hydrogen-bond donors (Lipinski definition) is 0. The predicted molar refractivity (Wildman–Crippen MR) is 67.0 cm³/mol. The van der Waals surface area contributed by atoms with Gasteiger partial charge >= 0.3 is 0 Å². The molecule has 14 heavy (non-hydrogen) atoms. The van der Waals surface area contributed by atoms with Gasteiger partial charge in [0.15, 0.2) is 0 Å². The summed E-state index contributed by atoms with van der Waals surface area (Å²) in [7, 11) is 0. The van der Waals surface area contributed by atoms with E-state index in [2.05, 4.69) is 67.0 Å². The molecule has 1 aromatic rings. The van der Waals surface area contributed by atoms with Gasteiger partial charge in [-0.25, -0.2) is 0 Å². The lowest BCUT2D eigenvalue weighted by Crippen LogP contribution is -2.11. The van der Waals surface area contributed by atoms with Crippen LogP contribution in [0.2, 0.25) is 0 Å². The van der Waals surface area contributed by atoms with E-state index in [0.717, 1.165) is 5.92 Å². The van der Waals surface area contributed by atoms with Crippen LogP contribution >= 0.6 is 15.9 Å². The molecular formula is C13H19Br. The highest BCUT2D eigenvalue weighted by atomic mass is 79.9. The fourth-order valence-electron chi connectivity index (χ4n) is 1.80. The lowest BCUT2D eigenvalue weighted by atomic mass is 9.88. The summed E-state index contributed by atoms with van der Waals surface area (Å²) in [6, 6.07) is 10.8. The zero-order valence-electron chi connectivity index (χ0n) is 9.20. The molecule has 0 saturated carbocycles. The maximum Gasteiger partial charge on any atom is 0.0186 e. The van der Waals surface area contributed by atoms with Crippen molar-refractivity contribution in [1.82, 2.24) is 0 Å². The normalized spacial score (nSPS) is 15.5. The first kappa shape index (κ1) is 11.8. The number of hydrogen-bond acceptors (Lipinski definition) is 0. The molecule has 0 N–H and O–H groups in total. The Hall–Kier alpha value is -0.300. The zero-order chi connectivity index (χ0) is 10.6. The number of alkyl halides is 1. The fraction of sp³-hybridized carbons (Fsp3) is 0.538. The zero-order valence-corrected chi connectivity index (χ0v) is 10.8. The maximum absolute atomic E-state index is 3.71. The number of rotatable bonds is 4. The van der Waals surface area contributed by atoms with Crippen LogP contribution in [-0.2, 0) is 0 Å². The quantitative estimate of drug-likeness (QED) is 0.690. The Labute approximate surface area is 95.9 Å². The van der Waals surface area contributed by atoms with E-state index < -0.39 is 0 Å². The van der Waals surface area contributed by atoms with Crippen LogP contribution in [0.15, 0.2) is 30.3 Å². The average molecular weight is 255 g/mol. The molecule has 1 aromatic carbocycles. The molecule has 0 saturated heterocycles. The minimum Gasteiger partial charge on any atom is -0.0887 e. The lowest BCUT2D eigenvalue weighted by molar-refractivity contribution is 0.499. The molecule has 0 aliphatic heterocycles. The summed E-state index contributed by atoms with van der Waals surface area (Å²) in [5, 5.41) is 0.